The Balaban J connectivity index is 2.08. The van der Waals surface area contributed by atoms with Crippen LogP contribution in [-0.4, -0.2) is 76.9 Å². The van der Waals surface area contributed by atoms with Crippen molar-refractivity contribution < 1.29 is 29.1 Å². The van der Waals surface area contributed by atoms with Gasteiger partial charge in [-0.1, -0.05) is 13.8 Å². The van der Waals surface area contributed by atoms with E-state index in [9.17, 15) is 29.1 Å². The standard InChI is InChI=1S/C19H31N5O6/c1-10(2)15(19(29)30)23-16(26)12(9-14(20)25)22-17(27)13-6-4-8-24(13)18(28)11-5-3-7-21-11/h10-13,15,21H,3-9H2,1-2H3,(H2,20,25)(H,22,27)(H,23,26)(H,29,30). The molecule has 0 spiro atoms. The minimum absolute atomic E-state index is 0.146. The first-order valence-corrected chi connectivity index (χ1v) is 10.3. The van der Waals surface area contributed by atoms with Crippen LogP contribution in [-0.2, 0) is 24.0 Å². The Morgan fingerprint density at radius 3 is 2.37 bits per heavy atom. The molecule has 11 heteroatoms. The Morgan fingerprint density at radius 1 is 1.13 bits per heavy atom. The fraction of sp³-hybridized carbons (Fsp3) is 0.737. The largest absolute Gasteiger partial charge is 0.480 e. The van der Waals surface area contributed by atoms with E-state index in [1.54, 1.807) is 13.8 Å². The van der Waals surface area contributed by atoms with Crippen LogP contribution in [0.4, 0.5) is 0 Å². The van der Waals surface area contributed by atoms with Gasteiger partial charge in [0.25, 0.3) is 0 Å². The zero-order valence-electron chi connectivity index (χ0n) is 17.3. The quantitative estimate of drug-likeness (QED) is 0.293. The van der Waals surface area contributed by atoms with Gasteiger partial charge in [0.2, 0.25) is 23.6 Å². The predicted octanol–water partition coefficient (Wildman–Crippen LogP) is -1.68. The van der Waals surface area contributed by atoms with Crippen molar-refractivity contribution in [3.63, 3.8) is 0 Å². The molecule has 0 aromatic carbocycles. The van der Waals surface area contributed by atoms with Gasteiger partial charge in [0.1, 0.15) is 18.1 Å². The van der Waals surface area contributed by atoms with Crippen molar-refractivity contribution in [2.24, 2.45) is 11.7 Å². The van der Waals surface area contributed by atoms with Crippen molar-refractivity contribution in [1.82, 2.24) is 20.9 Å². The molecule has 11 nitrogen and oxygen atoms in total. The number of hydrogen-bond donors (Lipinski definition) is 5. The van der Waals surface area contributed by atoms with Crippen LogP contribution in [0, 0.1) is 5.92 Å². The number of aliphatic carboxylic acids is 1. The minimum atomic E-state index is -1.32. The van der Waals surface area contributed by atoms with Crippen molar-refractivity contribution in [2.45, 2.75) is 70.1 Å². The Kier molecular flexibility index (Phi) is 8.16. The summed E-state index contributed by atoms with van der Waals surface area (Å²) in [5, 5.41) is 17.2. The number of rotatable bonds is 9. The molecule has 0 bridgehead atoms. The van der Waals surface area contributed by atoms with E-state index in [0.29, 0.717) is 25.8 Å². The van der Waals surface area contributed by atoms with Gasteiger partial charge in [0.15, 0.2) is 0 Å². The summed E-state index contributed by atoms with van der Waals surface area (Å²) in [4.78, 5) is 62.4. The molecule has 4 amide bonds. The fourth-order valence-corrected chi connectivity index (χ4v) is 3.84. The molecule has 2 heterocycles. The summed E-state index contributed by atoms with van der Waals surface area (Å²) in [5.74, 6) is -3.96. The highest BCUT2D eigenvalue weighted by atomic mass is 16.4. The Morgan fingerprint density at radius 2 is 1.83 bits per heavy atom. The van der Waals surface area contributed by atoms with Crippen LogP contribution in [0.3, 0.4) is 0 Å². The molecule has 0 saturated carbocycles. The van der Waals surface area contributed by atoms with Gasteiger partial charge in [-0.25, -0.2) is 4.79 Å². The Hall–Kier alpha value is -2.69. The van der Waals surface area contributed by atoms with Crippen LogP contribution >= 0.6 is 0 Å². The number of nitrogens with two attached hydrogens (primary N) is 1. The van der Waals surface area contributed by atoms with Gasteiger partial charge in [-0.05, 0) is 38.1 Å². The van der Waals surface area contributed by atoms with Crippen molar-refractivity contribution >= 4 is 29.6 Å². The zero-order valence-corrected chi connectivity index (χ0v) is 17.3. The van der Waals surface area contributed by atoms with E-state index in [1.165, 1.54) is 4.90 Å². The van der Waals surface area contributed by atoms with E-state index in [2.05, 4.69) is 16.0 Å². The zero-order chi connectivity index (χ0) is 22.4. The topological polar surface area (TPSA) is 171 Å². The molecule has 0 radical (unpaired) electrons. The van der Waals surface area contributed by atoms with E-state index >= 15 is 0 Å². The monoisotopic (exact) mass is 425 g/mol. The van der Waals surface area contributed by atoms with Gasteiger partial charge >= 0.3 is 5.97 Å². The first-order chi connectivity index (χ1) is 14.1. The van der Waals surface area contributed by atoms with Gasteiger partial charge in [-0.15, -0.1) is 0 Å². The molecule has 0 aromatic heterocycles. The molecule has 2 saturated heterocycles. The molecule has 2 fully saturated rings. The highest BCUT2D eigenvalue weighted by molar-refractivity contribution is 5.96. The van der Waals surface area contributed by atoms with Crippen LogP contribution in [0.25, 0.3) is 0 Å². The lowest BCUT2D eigenvalue weighted by atomic mass is 10.0. The number of carbonyl (C=O) groups excluding carboxylic acids is 4. The van der Waals surface area contributed by atoms with Crippen LogP contribution in [0.2, 0.25) is 0 Å². The lowest BCUT2D eigenvalue weighted by Crippen LogP contribution is -2.57. The third kappa shape index (κ3) is 5.91. The van der Waals surface area contributed by atoms with E-state index in [4.69, 9.17) is 5.73 Å². The lowest BCUT2D eigenvalue weighted by molar-refractivity contribution is -0.144. The highest BCUT2D eigenvalue weighted by Crippen LogP contribution is 2.21. The first kappa shape index (κ1) is 23.6. The molecule has 2 aliphatic rings. The lowest BCUT2D eigenvalue weighted by Gasteiger charge is -2.28. The van der Waals surface area contributed by atoms with Crippen molar-refractivity contribution in [3.05, 3.63) is 0 Å². The molecular weight excluding hydrogens is 394 g/mol. The van der Waals surface area contributed by atoms with E-state index in [0.717, 1.165) is 13.0 Å². The molecule has 0 aliphatic carbocycles. The van der Waals surface area contributed by atoms with Crippen molar-refractivity contribution in [3.8, 4) is 0 Å². The van der Waals surface area contributed by atoms with Crippen LogP contribution in [0.5, 0.6) is 0 Å². The van der Waals surface area contributed by atoms with Crippen molar-refractivity contribution in [1.29, 1.82) is 0 Å². The fourth-order valence-electron chi connectivity index (χ4n) is 3.84. The summed E-state index contributed by atoms with van der Waals surface area (Å²) in [6.45, 7) is 4.44. The molecule has 168 valence electrons. The maximum Gasteiger partial charge on any atom is 0.326 e. The Labute approximate surface area is 175 Å². The average Bonchev–Trinajstić information content (AvgIpc) is 3.35. The van der Waals surface area contributed by atoms with Crippen LogP contribution < -0.4 is 21.7 Å². The molecule has 0 aromatic rings. The third-order valence-electron chi connectivity index (χ3n) is 5.47. The van der Waals surface area contributed by atoms with E-state index < -0.39 is 54.2 Å². The minimum Gasteiger partial charge on any atom is -0.480 e. The second-order valence-corrected chi connectivity index (χ2v) is 8.14. The summed E-state index contributed by atoms with van der Waals surface area (Å²) >= 11 is 0. The molecule has 2 rings (SSSR count). The van der Waals surface area contributed by atoms with Gasteiger partial charge < -0.3 is 31.7 Å². The summed E-state index contributed by atoms with van der Waals surface area (Å²) in [7, 11) is 0. The van der Waals surface area contributed by atoms with Gasteiger partial charge in [0, 0.05) is 6.54 Å². The van der Waals surface area contributed by atoms with Gasteiger partial charge in [0.05, 0.1) is 12.5 Å². The number of amides is 4. The molecule has 30 heavy (non-hydrogen) atoms. The molecule has 4 atom stereocenters. The average molecular weight is 425 g/mol. The van der Waals surface area contributed by atoms with Gasteiger partial charge in [-0.3, -0.25) is 19.2 Å². The highest BCUT2D eigenvalue weighted by Gasteiger charge is 2.39. The predicted molar refractivity (Wildman–Crippen MR) is 106 cm³/mol. The third-order valence-corrected chi connectivity index (χ3v) is 5.47. The molecular formula is C19H31N5O6. The van der Waals surface area contributed by atoms with Crippen molar-refractivity contribution in [2.75, 3.05) is 13.1 Å². The maximum absolute atomic E-state index is 12.9. The number of carboxylic acids is 1. The molecule has 6 N–H and O–H groups in total. The van der Waals surface area contributed by atoms with Gasteiger partial charge in [-0.2, -0.15) is 0 Å². The summed E-state index contributed by atoms with van der Waals surface area (Å²) in [6.07, 6.45) is 2.22. The summed E-state index contributed by atoms with van der Waals surface area (Å²) in [6, 6.07) is -3.56. The van der Waals surface area contributed by atoms with Crippen LogP contribution in [0.1, 0.15) is 46.0 Å². The number of nitrogens with one attached hydrogen (secondary N) is 3. The number of carbonyl (C=O) groups is 5. The number of carboxylic acid groups (broad SMARTS) is 1. The number of nitrogens with zero attached hydrogens (tertiary/aromatic N) is 1. The van der Waals surface area contributed by atoms with E-state index in [-0.39, 0.29) is 11.9 Å². The second kappa shape index (κ2) is 10.4. The molecule has 4 unspecified atom stereocenters. The normalized spacial score (nSPS) is 23.1. The Bertz CT molecular complexity index is 691. The maximum atomic E-state index is 12.9. The summed E-state index contributed by atoms with van der Waals surface area (Å²) < 4.78 is 0. The second-order valence-electron chi connectivity index (χ2n) is 8.14. The number of likely N-dealkylation sites (tertiary alicyclic amines) is 1. The SMILES string of the molecule is CC(C)C(NC(=O)C(CC(N)=O)NC(=O)C1CCCN1C(=O)C1CCCN1)C(=O)O. The smallest absolute Gasteiger partial charge is 0.326 e. The van der Waals surface area contributed by atoms with Crippen LogP contribution in [0.15, 0.2) is 0 Å². The number of primary amides is 1. The molecule has 2 aliphatic heterocycles. The summed E-state index contributed by atoms with van der Waals surface area (Å²) in [5.41, 5.74) is 5.21. The first-order valence-electron chi connectivity index (χ1n) is 10.3. The number of hydrogen-bond acceptors (Lipinski definition) is 6. The van der Waals surface area contributed by atoms with E-state index in [1.807, 2.05) is 0 Å².